The number of carbonyl (C=O) groups excluding carboxylic acids is 1. The number of hydrogen-bond donors (Lipinski definition) is 1. The Balaban J connectivity index is 1.75. The monoisotopic (exact) mass is 330 g/mol. The third-order valence-corrected chi connectivity index (χ3v) is 4.77. The molecule has 120 valence electrons. The van der Waals surface area contributed by atoms with E-state index in [0.717, 1.165) is 5.69 Å². The Morgan fingerprint density at radius 3 is 3.04 bits per heavy atom. The van der Waals surface area contributed by atoms with Crippen LogP contribution in [0.4, 0.5) is 5.69 Å². The van der Waals surface area contributed by atoms with E-state index in [1.165, 1.54) is 11.8 Å². The highest BCUT2D eigenvalue weighted by Crippen LogP contribution is 2.32. The van der Waals surface area contributed by atoms with E-state index < -0.39 is 0 Å². The summed E-state index contributed by atoms with van der Waals surface area (Å²) in [6.07, 6.45) is 3.49. The molecule has 3 rings (SSSR count). The smallest absolute Gasteiger partial charge is 0.254 e. The lowest BCUT2D eigenvalue weighted by Gasteiger charge is -2.14. The predicted molar refractivity (Wildman–Crippen MR) is 89.8 cm³/mol. The molecule has 2 aromatic heterocycles. The lowest BCUT2D eigenvalue weighted by atomic mass is 10.1. The minimum absolute atomic E-state index is 0.0807. The average molecular weight is 330 g/mol. The maximum Gasteiger partial charge on any atom is 0.254 e. The minimum atomic E-state index is -0.159. The van der Waals surface area contributed by atoms with E-state index in [2.05, 4.69) is 15.3 Å². The molecule has 0 aromatic carbocycles. The van der Waals surface area contributed by atoms with E-state index >= 15 is 0 Å². The number of aromatic nitrogens is 3. The highest BCUT2D eigenvalue weighted by molar-refractivity contribution is 7.99. The van der Waals surface area contributed by atoms with Crippen molar-refractivity contribution in [3.63, 3.8) is 0 Å². The van der Waals surface area contributed by atoms with Crippen molar-refractivity contribution < 1.29 is 4.79 Å². The van der Waals surface area contributed by atoms with Crippen LogP contribution in [-0.4, -0.2) is 26.2 Å². The van der Waals surface area contributed by atoms with Gasteiger partial charge in [0.25, 0.3) is 5.56 Å². The summed E-state index contributed by atoms with van der Waals surface area (Å²) in [6, 6.07) is 4.96. The summed E-state index contributed by atoms with van der Waals surface area (Å²) in [6.45, 7) is 4.02. The van der Waals surface area contributed by atoms with Gasteiger partial charge < -0.3 is 5.32 Å². The summed E-state index contributed by atoms with van der Waals surface area (Å²) >= 11 is 1.53. The first-order chi connectivity index (χ1) is 11.0. The first kappa shape index (κ1) is 15.7. The molecular formula is C16H18N4O2S. The Morgan fingerprint density at radius 2 is 2.35 bits per heavy atom. The molecule has 0 spiro atoms. The van der Waals surface area contributed by atoms with Gasteiger partial charge in [-0.15, -0.1) is 0 Å². The minimum Gasteiger partial charge on any atom is -0.325 e. The van der Waals surface area contributed by atoms with Gasteiger partial charge >= 0.3 is 0 Å². The van der Waals surface area contributed by atoms with Crippen molar-refractivity contribution in [2.75, 3.05) is 11.1 Å². The first-order valence-electron chi connectivity index (χ1n) is 7.50. The van der Waals surface area contributed by atoms with E-state index in [-0.39, 0.29) is 29.8 Å². The summed E-state index contributed by atoms with van der Waals surface area (Å²) in [5.41, 5.74) is 1.38. The van der Waals surface area contributed by atoms with Gasteiger partial charge in [0, 0.05) is 24.4 Å². The second-order valence-corrected chi connectivity index (χ2v) is 6.77. The fourth-order valence-corrected chi connectivity index (χ4v) is 3.64. The van der Waals surface area contributed by atoms with Crippen molar-refractivity contribution in [2.24, 2.45) is 0 Å². The normalized spacial score (nSPS) is 16.4. The summed E-state index contributed by atoms with van der Waals surface area (Å²) in [4.78, 5) is 33.0. The molecule has 0 aliphatic carbocycles. The van der Waals surface area contributed by atoms with E-state index in [1.54, 1.807) is 35.2 Å². The van der Waals surface area contributed by atoms with Gasteiger partial charge in [-0.05, 0) is 18.1 Å². The largest absolute Gasteiger partial charge is 0.325 e. The van der Waals surface area contributed by atoms with Crippen LogP contribution in [0.25, 0.3) is 0 Å². The van der Waals surface area contributed by atoms with Gasteiger partial charge in [-0.1, -0.05) is 25.6 Å². The number of pyridine rings is 1. The average Bonchev–Trinajstić information content (AvgIpc) is 2.91. The third-order valence-electron chi connectivity index (χ3n) is 3.67. The van der Waals surface area contributed by atoms with Crippen LogP contribution in [0.1, 0.15) is 37.9 Å². The molecule has 1 aliphatic heterocycles. The Kier molecular flexibility index (Phi) is 4.47. The van der Waals surface area contributed by atoms with E-state index in [0.29, 0.717) is 16.6 Å². The van der Waals surface area contributed by atoms with Crippen LogP contribution in [0, 0.1) is 0 Å². The molecule has 0 radical (unpaired) electrons. The van der Waals surface area contributed by atoms with Crippen molar-refractivity contribution in [1.82, 2.24) is 14.5 Å². The second kappa shape index (κ2) is 6.54. The standard InChI is InChI=1S/C16H18N4O2S/c1-10(2)13-7-15(22)20-12(9-23-16(20)19-13)6-14(21)18-11-4-3-5-17-8-11/h3-5,7-8,10,12H,6,9H2,1-2H3,(H,18,21). The lowest BCUT2D eigenvalue weighted by molar-refractivity contribution is -0.116. The van der Waals surface area contributed by atoms with E-state index in [9.17, 15) is 9.59 Å². The highest BCUT2D eigenvalue weighted by Gasteiger charge is 2.28. The van der Waals surface area contributed by atoms with Gasteiger partial charge in [-0.2, -0.15) is 0 Å². The molecular weight excluding hydrogens is 312 g/mol. The molecule has 0 fully saturated rings. The number of rotatable bonds is 4. The van der Waals surface area contributed by atoms with Crippen LogP contribution in [-0.2, 0) is 4.79 Å². The van der Waals surface area contributed by atoms with Crippen LogP contribution in [0.2, 0.25) is 0 Å². The van der Waals surface area contributed by atoms with Gasteiger partial charge in [0.05, 0.1) is 23.6 Å². The Hall–Kier alpha value is -2.15. The van der Waals surface area contributed by atoms with Crippen molar-refractivity contribution >= 4 is 23.4 Å². The van der Waals surface area contributed by atoms with Gasteiger partial charge in [0.15, 0.2) is 5.16 Å². The summed E-state index contributed by atoms with van der Waals surface area (Å²) in [5, 5.41) is 3.51. The van der Waals surface area contributed by atoms with Gasteiger partial charge in [-0.3, -0.25) is 19.1 Å². The quantitative estimate of drug-likeness (QED) is 0.871. The van der Waals surface area contributed by atoms with Crippen LogP contribution >= 0.6 is 11.8 Å². The zero-order valence-corrected chi connectivity index (χ0v) is 13.8. The number of hydrogen-bond acceptors (Lipinski definition) is 5. The van der Waals surface area contributed by atoms with Crippen LogP contribution in [0.15, 0.2) is 40.5 Å². The maximum absolute atomic E-state index is 12.4. The Morgan fingerprint density at radius 1 is 1.52 bits per heavy atom. The molecule has 0 bridgehead atoms. The molecule has 1 aliphatic rings. The zero-order valence-electron chi connectivity index (χ0n) is 13.0. The topological polar surface area (TPSA) is 76.9 Å². The van der Waals surface area contributed by atoms with Crippen molar-refractivity contribution in [1.29, 1.82) is 0 Å². The number of amides is 1. The summed E-state index contributed by atoms with van der Waals surface area (Å²) in [7, 11) is 0. The molecule has 2 aromatic rings. The lowest BCUT2D eigenvalue weighted by Crippen LogP contribution is -2.28. The first-order valence-corrected chi connectivity index (χ1v) is 8.49. The van der Waals surface area contributed by atoms with Gasteiger partial charge in [0.2, 0.25) is 5.91 Å². The van der Waals surface area contributed by atoms with Crippen LogP contribution < -0.4 is 10.9 Å². The van der Waals surface area contributed by atoms with Crippen molar-refractivity contribution in [2.45, 2.75) is 37.4 Å². The molecule has 1 atom stereocenters. The third kappa shape index (κ3) is 3.44. The highest BCUT2D eigenvalue weighted by atomic mass is 32.2. The number of thioether (sulfide) groups is 1. The Labute approximate surface area is 138 Å². The number of nitrogens with zero attached hydrogens (tertiary/aromatic N) is 3. The molecule has 7 heteroatoms. The van der Waals surface area contributed by atoms with Crippen molar-refractivity contribution in [3.8, 4) is 0 Å². The molecule has 1 N–H and O–H groups in total. The number of nitrogens with one attached hydrogen (secondary N) is 1. The van der Waals surface area contributed by atoms with Crippen molar-refractivity contribution in [3.05, 3.63) is 46.6 Å². The van der Waals surface area contributed by atoms with E-state index in [1.807, 2.05) is 13.8 Å². The predicted octanol–water partition coefficient (Wildman–Crippen LogP) is 2.44. The fourth-order valence-electron chi connectivity index (χ4n) is 2.48. The maximum atomic E-state index is 12.4. The summed E-state index contributed by atoms with van der Waals surface area (Å²) in [5.74, 6) is 0.767. The van der Waals surface area contributed by atoms with Crippen LogP contribution in [0.5, 0.6) is 0 Å². The fraction of sp³-hybridized carbons (Fsp3) is 0.375. The zero-order chi connectivity index (χ0) is 16.4. The van der Waals surface area contributed by atoms with E-state index in [4.69, 9.17) is 0 Å². The SMILES string of the molecule is CC(C)c1cc(=O)n2c(n1)SCC2CC(=O)Nc1cccnc1. The Bertz CT molecular complexity index is 773. The molecule has 0 saturated carbocycles. The number of anilines is 1. The number of fused-ring (bicyclic) bond motifs is 1. The molecule has 23 heavy (non-hydrogen) atoms. The van der Waals surface area contributed by atoms with Crippen LogP contribution in [0.3, 0.4) is 0 Å². The molecule has 6 nitrogen and oxygen atoms in total. The number of carbonyl (C=O) groups is 1. The summed E-state index contributed by atoms with van der Waals surface area (Å²) < 4.78 is 1.64. The van der Waals surface area contributed by atoms with Gasteiger partial charge in [0.1, 0.15) is 0 Å². The van der Waals surface area contributed by atoms with Gasteiger partial charge in [-0.25, -0.2) is 4.98 Å². The molecule has 1 unspecified atom stereocenters. The molecule has 3 heterocycles. The second-order valence-electron chi connectivity index (χ2n) is 5.79. The molecule has 1 amide bonds. The molecule has 0 saturated heterocycles.